The fraction of sp³-hybridized carbons (Fsp3) is 0.417. The highest BCUT2D eigenvalue weighted by atomic mass is 32.1. The monoisotopic (exact) mass is 223 g/mol. The number of allylic oxidation sites excluding steroid dienone is 1. The minimum Gasteiger partial charge on any atom is -0.345 e. The van der Waals surface area contributed by atoms with Gasteiger partial charge >= 0.3 is 0 Å². The molecule has 1 amide bonds. The molecular formula is C12H17NOS. The van der Waals surface area contributed by atoms with E-state index in [1.807, 2.05) is 44.4 Å². The van der Waals surface area contributed by atoms with Crippen LogP contribution < -0.4 is 5.32 Å². The predicted octanol–water partition coefficient (Wildman–Crippen LogP) is 3.28. The molecule has 0 bridgehead atoms. The molecule has 15 heavy (non-hydrogen) atoms. The Morgan fingerprint density at radius 2 is 2.40 bits per heavy atom. The lowest BCUT2D eigenvalue weighted by Crippen LogP contribution is -2.26. The number of carbonyl (C=O) groups excluding carboxylic acids is 1. The van der Waals surface area contributed by atoms with Crippen molar-refractivity contribution < 1.29 is 4.79 Å². The van der Waals surface area contributed by atoms with E-state index in [1.165, 1.54) is 4.88 Å². The normalized spacial score (nSPS) is 13.7. The van der Waals surface area contributed by atoms with Crippen LogP contribution in [-0.2, 0) is 4.79 Å². The number of hydrogen-bond acceptors (Lipinski definition) is 2. The Morgan fingerprint density at radius 1 is 1.67 bits per heavy atom. The zero-order chi connectivity index (χ0) is 11.3. The zero-order valence-electron chi connectivity index (χ0n) is 9.41. The topological polar surface area (TPSA) is 29.1 Å². The number of thiophene rings is 1. The molecule has 0 aliphatic heterocycles. The first-order valence-corrected chi connectivity index (χ1v) is 6.04. The predicted molar refractivity (Wildman–Crippen MR) is 64.9 cm³/mol. The molecule has 0 saturated heterocycles. The molecule has 0 unspecified atom stereocenters. The van der Waals surface area contributed by atoms with Crippen LogP contribution in [0, 0.1) is 0 Å². The Morgan fingerprint density at radius 3 is 2.93 bits per heavy atom. The molecular weight excluding hydrogens is 206 g/mol. The third-order valence-corrected chi connectivity index (χ3v) is 3.24. The van der Waals surface area contributed by atoms with Crippen LogP contribution in [0.4, 0.5) is 0 Å². The smallest absolute Gasteiger partial charge is 0.247 e. The third kappa shape index (κ3) is 3.51. The van der Waals surface area contributed by atoms with E-state index in [4.69, 9.17) is 0 Å². The van der Waals surface area contributed by atoms with Crippen LogP contribution in [0.15, 0.2) is 29.2 Å². The van der Waals surface area contributed by atoms with Gasteiger partial charge in [-0.25, -0.2) is 0 Å². The molecule has 0 aromatic carbocycles. The number of rotatable bonds is 4. The van der Waals surface area contributed by atoms with Crippen molar-refractivity contribution in [2.75, 3.05) is 0 Å². The summed E-state index contributed by atoms with van der Waals surface area (Å²) in [5, 5.41) is 4.99. The minimum absolute atomic E-state index is 0.0257. The van der Waals surface area contributed by atoms with E-state index in [-0.39, 0.29) is 11.9 Å². The van der Waals surface area contributed by atoms with Crippen LogP contribution in [0.3, 0.4) is 0 Å². The first kappa shape index (κ1) is 12.0. The molecule has 1 heterocycles. The number of carbonyl (C=O) groups is 1. The fourth-order valence-corrected chi connectivity index (χ4v) is 2.05. The molecule has 82 valence electrons. The summed E-state index contributed by atoms with van der Waals surface area (Å²) < 4.78 is 0. The van der Waals surface area contributed by atoms with Crippen LogP contribution in [0.25, 0.3) is 0 Å². The maximum absolute atomic E-state index is 11.7. The van der Waals surface area contributed by atoms with E-state index >= 15 is 0 Å². The molecule has 0 spiro atoms. The second kappa shape index (κ2) is 5.71. The van der Waals surface area contributed by atoms with E-state index in [1.54, 1.807) is 11.3 Å². The van der Waals surface area contributed by atoms with Crippen molar-refractivity contribution in [2.24, 2.45) is 0 Å². The highest BCUT2D eigenvalue weighted by Gasteiger charge is 2.10. The van der Waals surface area contributed by atoms with Gasteiger partial charge in [0.15, 0.2) is 0 Å². The molecule has 1 atom stereocenters. The summed E-state index contributed by atoms with van der Waals surface area (Å²) >= 11 is 1.66. The van der Waals surface area contributed by atoms with Gasteiger partial charge in [-0.15, -0.1) is 11.3 Å². The third-order valence-electron chi connectivity index (χ3n) is 2.19. The molecule has 1 rings (SSSR count). The Hall–Kier alpha value is -1.09. The van der Waals surface area contributed by atoms with E-state index in [0.717, 1.165) is 12.0 Å². The first-order chi connectivity index (χ1) is 7.15. The van der Waals surface area contributed by atoms with Gasteiger partial charge < -0.3 is 5.32 Å². The van der Waals surface area contributed by atoms with Gasteiger partial charge in [0.05, 0.1) is 6.04 Å². The highest BCUT2D eigenvalue weighted by Crippen LogP contribution is 2.18. The molecule has 0 saturated carbocycles. The Labute approximate surface area is 95.0 Å². The Kier molecular flexibility index (Phi) is 4.56. The van der Waals surface area contributed by atoms with Crippen LogP contribution in [0.2, 0.25) is 0 Å². The van der Waals surface area contributed by atoms with Crippen LogP contribution >= 0.6 is 11.3 Å². The lowest BCUT2D eigenvalue weighted by Gasteiger charge is -2.12. The van der Waals surface area contributed by atoms with Crippen molar-refractivity contribution in [3.05, 3.63) is 34.0 Å². The van der Waals surface area contributed by atoms with Crippen molar-refractivity contribution in [3.8, 4) is 0 Å². The van der Waals surface area contributed by atoms with Gasteiger partial charge in [0.1, 0.15) is 0 Å². The van der Waals surface area contributed by atoms with Crippen molar-refractivity contribution in [3.63, 3.8) is 0 Å². The summed E-state index contributed by atoms with van der Waals surface area (Å²) in [5.74, 6) is 0.0257. The summed E-state index contributed by atoms with van der Waals surface area (Å²) in [6, 6.07) is 4.13. The van der Waals surface area contributed by atoms with E-state index in [2.05, 4.69) is 5.32 Å². The summed E-state index contributed by atoms with van der Waals surface area (Å²) in [4.78, 5) is 12.9. The van der Waals surface area contributed by atoms with Crippen molar-refractivity contribution >= 4 is 17.2 Å². The van der Waals surface area contributed by atoms with Crippen LogP contribution in [0.1, 0.15) is 38.1 Å². The Bertz CT molecular complexity index is 341. The van der Waals surface area contributed by atoms with Crippen molar-refractivity contribution in [2.45, 2.75) is 33.2 Å². The molecule has 0 aliphatic carbocycles. The van der Waals surface area contributed by atoms with Gasteiger partial charge in [-0.2, -0.15) is 0 Å². The summed E-state index contributed by atoms with van der Waals surface area (Å²) in [6.45, 7) is 5.88. The summed E-state index contributed by atoms with van der Waals surface area (Å²) in [6.07, 6.45) is 2.84. The maximum Gasteiger partial charge on any atom is 0.247 e. The second-order valence-electron chi connectivity index (χ2n) is 3.51. The summed E-state index contributed by atoms with van der Waals surface area (Å²) in [5.41, 5.74) is 0.793. The molecule has 1 N–H and O–H groups in total. The molecule has 0 radical (unpaired) electrons. The van der Waals surface area contributed by atoms with Gasteiger partial charge in [0, 0.05) is 10.5 Å². The second-order valence-corrected chi connectivity index (χ2v) is 4.49. The number of amides is 1. The van der Waals surface area contributed by atoms with E-state index in [9.17, 15) is 4.79 Å². The van der Waals surface area contributed by atoms with Gasteiger partial charge in [0.2, 0.25) is 5.91 Å². The largest absolute Gasteiger partial charge is 0.345 e. The van der Waals surface area contributed by atoms with Gasteiger partial charge in [0.25, 0.3) is 0 Å². The summed E-state index contributed by atoms with van der Waals surface area (Å²) in [7, 11) is 0. The van der Waals surface area contributed by atoms with Gasteiger partial charge in [-0.3, -0.25) is 4.79 Å². The van der Waals surface area contributed by atoms with Gasteiger partial charge in [-0.05, 0) is 31.7 Å². The lowest BCUT2D eigenvalue weighted by molar-refractivity contribution is -0.118. The maximum atomic E-state index is 11.7. The Balaban J connectivity index is 2.56. The average Bonchev–Trinajstić information content (AvgIpc) is 2.70. The molecule has 3 heteroatoms. The van der Waals surface area contributed by atoms with Gasteiger partial charge in [-0.1, -0.05) is 19.1 Å². The first-order valence-electron chi connectivity index (χ1n) is 5.16. The molecule has 0 fully saturated rings. The minimum atomic E-state index is 0.0257. The highest BCUT2D eigenvalue weighted by molar-refractivity contribution is 7.10. The quantitative estimate of drug-likeness (QED) is 0.780. The SMILES string of the molecule is CC/C=C(/C)C(=O)N[C@@H](C)c1cccs1. The number of hydrogen-bond donors (Lipinski definition) is 1. The van der Waals surface area contributed by atoms with Crippen molar-refractivity contribution in [1.82, 2.24) is 5.32 Å². The molecule has 2 nitrogen and oxygen atoms in total. The molecule has 0 aliphatic rings. The fourth-order valence-electron chi connectivity index (χ4n) is 1.32. The van der Waals surface area contributed by atoms with E-state index in [0.29, 0.717) is 0 Å². The van der Waals surface area contributed by atoms with Crippen molar-refractivity contribution in [1.29, 1.82) is 0 Å². The van der Waals surface area contributed by atoms with Crippen LogP contribution in [0.5, 0.6) is 0 Å². The average molecular weight is 223 g/mol. The zero-order valence-corrected chi connectivity index (χ0v) is 10.2. The van der Waals surface area contributed by atoms with Crippen LogP contribution in [-0.4, -0.2) is 5.91 Å². The number of nitrogens with one attached hydrogen (secondary N) is 1. The lowest BCUT2D eigenvalue weighted by atomic mass is 10.2. The molecule has 1 aromatic rings. The standard InChI is InChI=1S/C12H17NOS/c1-4-6-9(2)12(14)13-10(3)11-7-5-8-15-11/h5-8,10H,4H2,1-3H3,(H,13,14)/b9-6-/t10-/m0/s1. The van der Waals surface area contributed by atoms with E-state index < -0.39 is 0 Å². The molecule has 1 aromatic heterocycles.